The van der Waals surface area contributed by atoms with Gasteiger partial charge >= 0.3 is 12.1 Å². The fourth-order valence-corrected chi connectivity index (χ4v) is 1.48. The van der Waals surface area contributed by atoms with Crippen LogP contribution in [0, 0.1) is 0 Å². The first-order valence-corrected chi connectivity index (χ1v) is 5.52. The molecule has 2 amide bonds. The van der Waals surface area contributed by atoms with Crippen molar-refractivity contribution in [2.75, 3.05) is 13.9 Å². The molecule has 0 radical (unpaired) electrons. The van der Waals surface area contributed by atoms with E-state index in [1.165, 1.54) is 0 Å². The minimum atomic E-state index is -1.40. The van der Waals surface area contributed by atoms with Gasteiger partial charge in [-0.3, -0.25) is 4.79 Å². The van der Waals surface area contributed by atoms with Crippen LogP contribution < -0.4 is 5.43 Å². The quantitative estimate of drug-likeness (QED) is 0.656. The van der Waals surface area contributed by atoms with Crippen LogP contribution in [0.15, 0.2) is 0 Å². The number of rotatable bonds is 3. The molecule has 1 saturated heterocycles. The Morgan fingerprint density at radius 2 is 1.89 bits per heavy atom. The Balaban J connectivity index is 2.81. The number of nitrogens with one attached hydrogen (secondary N) is 1. The molecule has 9 heteroatoms. The van der Waals surface area contributed by atoms with Crippen molar-refractivity contribution in [1.82, 2.24) is 10.4 Å². The van der Waals surface area contributed by atoms with Crippen molar-refractivity contribution in [3.8, 4) is 0 Å². The fourth-order valence-electron chi connectivity index (χ4n) is 1.48. The Bertz CT molecular complexity index is 371. The number of aliphatic carboxylic acids is 1. The maximum absolute atomic E-state index is 12.1. The minimum Gasteiger partial charge on any atom is -0.479 e. The van der Waals surface area contributed by atoms with Crippen LogP contribution in [0.5, 0.6) is 0 Å². The molecule has 0 saturated carbocycles. The summed E-state index contributed by atoms with van der Waals surface area (Å²) < 4.78 is 14.1. The number of carbonyl (C=O) groups is 3. The summed E-state index contributed by atoms with van der Waals surface area (Å²) in [5.41, 5.74) is 2.20. The van der Waals surface area contributed by atoms with Crippen LogP contribution in [0.1, 0.15) is 13.8 Å². The molecule has 1 rings (SSSR count). The molecule has 1 aliphatic rings. The number of carbonyl (C=O) groups excluding carboxylic acids is 2. The van der Waals surface area contributed by atoms with Gasteiger partial charge in [0.05, 0.1) is 7.11 Å². The van der Waals surface area contributed by atoms with Crippen LogP contribution in [-0.2, 0) is 23.8 Å². The van der Waals surface area contributed by atoms with E-state index in [2.05, 4.69) is 10.2 Å². The number of hydrogen-bond donors (Lipinski definition) is 2. The van der Waals surface area contributed by atoms with E-state index in [0.29, 0.717) is 0 Å². The van der Waals surface area contributed by atoms with Crippen LogP contribution in [0.3, 0.4) is 0 Å². The maximum atomic E-state index is 12.1. The highest BCUT2D eigenvalue weighted by molar-refractivity contribution is 5.89. The van der Waals surface area contributed by atoms with Gasteiger partial charge in [-0.05, 0) is 13.8 Å². The number of nitrogens with zero attached hydrogens (tertiary/aromatic N) is 1. The summed E-state index contributed by atoms with van der Waals surface area (Å²) in [6.45, 7) is 2.98. The molecule has 2 atom stereocenters. The Morgan fingerprint density at radius 1 is 1.32 bits per heavy atom. The summed E-state index contributed by atoms with van der Waals surface area (Å²) >= 11 is 0. The first kappa shape index (κ1) is 15.2. The summed E-state index contributed by atoms with van der Waals surface area (Å²) in [6.07, 6.45) is -3.54. The molecule has 1 fully saturated rings. The molecule has 1 heterocycles. The van der Waals surface area contributed by atoms with Gasteiger partial charge in [0.1, 0.15) is 6.79 Å². The average molecular weight is 276 g/mol. The van der Waals surface area contributed by atoms with E-state index in [1.54, 1.807) is 13.8 Å². The van der Waals surface area contributed by atoms with Crippen molar-refractivity contribution in [3.05, 3.63) is 0 Å². The molecule has 0 aromatic rings. The van der Waals surface area contributed by atoms with Crippen molar-refractivity contribution in [3.63, 3.8) is 0 Å². The second-order valence-corrected chi connectivity index (χ2v) is 4.04. The second kappa shape index (κ2) is 6.34. The molecule has 19 heavy (non-hydrogen) atoms. The molecule has 0 aliphatic carbocycles. The number of hydrazine groups is 1. The lowest BCUT2D eigenvalue weighted by molar-refractivity contribution is -0.155. The highest BCUT2D eigenvalue weighted by atomic mass is 16.7. The molecular weight excluding hydrogens is 260 g/mol. The van der Waals surface area contributed by atoms with Crippen molar-refractivity contribution in [1.29, 1.82) is 0 Å². The summed E-state index contributed by atoms with van der Waals surface area (Å²) in [4.78, 5) is 34.2. The third-order valence-electron chi connectivity index (χ3n) is 2.41. The second-order valence-electron chi connectivity index (χ2n) is 4.04. The molecule has 0 aromatic carbocycles. The lowest BCUT2D eigenvalue weighted by atomic mass is 10.2. The summed E-state index contributed by atoms with van der Waals surface area (Å²) in [5.74, 6) is -2.03. The van der Waals surface area contributed by atoms with Gasteiger partial charge in [-0.25, -0.2) is 20.0 Å². The molecule has 2 N–H and O–H groups in total. The topological polar surface area (TPSA) is 114 Å². The standard InChI is InChI=1S/C10H16N2O7/c1-5(2)12(11-10(16)17-3)8(13)6-7(9(14)15)19-4-18-6/h5-7H,4H2,1-3H3,(H,11,16)(H,14,15)/t6-,7-/m1/s1. The summed E-state index contributed by atoms with van der Waals surface area (Å²) in [7, 11) is 1.15. The van der Waals surface area contributed by atoms with Crippen molar-refractivity contribution in [2.45, 2.75) is 32.1 Å². The largest absolute Gasteiger partial charge is 0.479 e. The summed E-state index contributed by atoms with van der Waals surface area (Å²) in [6, 6.07) is -0.412. The van der Waals surface area contributed by atoms with E-state index in [0.717, 1.165) is 12.1 Å². The number of amides is 2. The predicted molar refractivity (Wildman–Crippen MR) is 59.8 cm³/mol. The molecule has 0 aromatic heterocycles. The Morgan fingerprint density at radius 3 is 2.37 bits per heavy atom. The van der Waals surface area contributed by atoms with Crippen molar-refractivity contribution >= 4 is 18.0 Å². The fraction of sp³-hybridized carbons (Fsp3) is 0.700. The number of carboxylic acid groups (broad SMARTS) is 1. The molecule has 0 unspecified atom stereocenters. The van der Waals surface area contributed by atoms with Gasteiger partial charge in [-0.15, -0.1) is 0 Å². The van der Waals surface area contributed by atoms with Gasteiger partial charge in [-0.2, -0.15) is 0 Å². The first-order chi connectivity index (χ1) is 8.88. The lowest BCUT2D eigenvalue weighted by Crippen LogP contribution is -2.56. The van der Waals surface area contributed by atoms with Gasteiger partial charge in [0.25, 0.3) is 5.91 Å². The molecule has 9 nitrogen and oxygen atoms in total. The Labute approximate surface area is 109 Å². The Hall–Kier alpha value is -1.87. The maximum Gasteiger partial charge on any atom is 0.425 e. The van der Waals surface area contributed by atoms with E-state index in [-0.39, 0.29) is 6.79 Å². The van der Waals surface area contributed by atoms with Crippen LogP contribution in [0.2, 0.25) is 0 Å². The number of methoxy groups -OCH3 is 1. The van der Waals surface area contributed by atoms with Crippen molar-refractivity contribution < 1.29 is 33.7 Å². The normalized spacial score (nSPS) is 22.1. The highest BCUT2D eigenvalue weighted by Crippen LogP contribution is 2.16. The average Bonchev–Trinajstić information content (AvgIpc) is 2.83. The van der Waals surface area contributed by atoms with Crippen molar-refractivity contribution in [2.24, 2.45) is 0 Å². The first-order valence-electron chi connectivity index (χ1n) is 5.52. The molecule has 0 spiro atoms. The van der Waals surface area contributed by atoms with Gasteiger partial charge in [0.2, 0.25) is 0 Å². The van der Waals surface area contributed by atoms with E-state index in [1.807, 2.05) is 0 Å². The third kappa shape index (κ3) is 3.55. The van der Waals surface area contributed by atoms with Gasteiger partial charge in [0.15, 0.2) is 12.2 Å². The van der Waals surface area contributed by atoms with E-state index >= 15 is 0 Å². The highest BCUT2D eigenvalue weighted by Gasteiger charge is 2.43. The lowest BCUT2D eigenvalue weighted by Gasteiger charge is -2.28. The van der Waals surface area contributed by atoms with E-state index < -0.39 is 36.2 Å². The van der Waals surface area contributed by atoms with E-state index in [4.69, 9.17) is 14.6 Å². The third-order valence-corrected chi connectivity index (χ3v) is 2.41. The van der Waals surface area contributed by atoms with E-state index in [9.17, 15) is 14.4 Å². The predicted octanol–water partition coefficient (Wildman–Crippen LogP) is -0.679. The van der Waals surface area contributed by atoms with Gasteiger partial charge < -0.3 is 19.3 Å². The number of hydrogen-bond acceptors (Lipinski definition) is 6. The molecule has 0 bridgehead atoms. The molecule has 1 aliphatic heterocycles. The summed E-state index contributed by atoms with van der Waals surface area (Å²) in [5, 5.41) is 9.84. The minimum absolute atomic E-state index is 0.294. The van der Waals surface area contributed by atoms with Crippen LogP contribution in [-0.4, -0.2) is 60.2 Å². The Kier molecular flexibility index (Phi) is 5.07. The zero-order chi connectivity index (χ0) is 14.6. The smallest absolute Gasteiger partial charge is 0.425 e. The van der Waals surface area contributed by atoms with Crippen LogP contribution in [0.25, 0.3) is 0 Å². The molecular formula is C10H16N2O7. The van der Waals surface area contributed by atoms with Crippen LogP contribution >= 0.6 is 0 Å². The SMILES string of the molecule is COC(=O)NN(C(=O)[C@@H]1OCO[C@H]1C(=O)O)C(C)C. The number of carboxylic acids is 1. The van der Waals surface area contributed by atoms with Crippen LogP contribution in [0.4, 0.5) is 4.79 Å². The monoisotopic (exact) mass is 276 g/mol. The van der Waals surface area contributed by atoms with Gasteiger partial charge in [-0.1, -0.05) is 0 Å². The van der Waals surface area contributed by atoms with Gasteiger partial charge in [0, 0.05) is 6.04 Å². The molecule has 108 valence electrons. The zero-order valence-corrected chi connectivity index (χ0v) is 10.8. The number of ether oxygens (including phenoxy) is 3. The zero-order valence-electron chi connectivity index (χ0n) is 10.8.